The summed E-state index contributed by atoms with van der Waals surface area (Å²) >= 11 is 0. The Labute approximate surface area is 134 Å². The van der Waals surface area contributed by atoms with Gasteiger partial charge in [-0.25, -0.2) is 4.98 Å². The highest BCUT2D eigenvalue weighted by molar-refractivity contribution is 5.51. The monoisotopic (exact) mass is 328 g/mol. The van der Waals surface area contributed by atoms with E-state index in [2.05, 4.69) is 28.6 Å². The van der Waals surface area contributed by atoms with Gasteiger partial charge in [-0.2, -0.15) is 13.2 Å². The number of nitrogens with zero attached hydrogens (tertiary/aromatic N) is 4. The normalized spacial score (nSPS) is 21.7. The van der Waals surface area contributed by atoms with Crippen molar-refractivity contribution in [2.75, 3.05) is 44.2 Å². The van der Waals surface area contributed by atoms with Gasteiger partial charge in [0.25, 0.3) is 0 Å². The quantitative estimate of drug-likeness (QED) is 0.849. The molecule has 128 valence electrons. The summed E-state index contributed by atoms with van der Waals surface area (Å²) in [5.41, 5.74) is -0.636. The first-order valence-electron chi connectivity index (χ1n) is 8.11. The lowest BCUT2D eigenvalue weighted by Crippen LogP contribution is -2.64. The topological polar surface area (TPSA) is 22.6 Å². The largest absolute Gasteiger partial charge is 0.419 e. The third-order valence-corrected chi connectivity index (χ3v) is 4.85. The molecule has 0 amide bonds. The van der Waals surface area contributed by atoms with Gasteiger partial charge in [-0.05, 0) is 26.0 Å². The Morgan fingerprint density at radius 2 is 1.78 bits per heavy atom. The molecule has 1 aromatic heterocycles. The molecule has 0 atom stereocenters. The summed E-state index contributed by atoms with van der Waals surface area (Å²) in [5.74, 6) is 0.0667. The number of hydrogen-bond donors (Lipinski definition) is 0. The van der Waals surface area contributed by atoms with Crippen LogP contribution in [0.15, 0.2) is 18.3 Å². The maximum Gasteiger partial charge on any atom is 0.419 e. The van der Waals surface area contributed by atoms with Crippen molar-refractivity contribution in [3.05, 3.63) is 23.9 Å². The maximum absolute atomic E-state index is 13.1. The first kappa shape index (κ1) is 16.5. The zero-order valence-electron chi connectivity index (χ0n) is 13.6. The number of anilines is 1. The molecule has 0 bridgehead atoms. The second-order valence-corrected chi connectivity index (χ2v) is 6.60. The highest BCUT2D eigenvalue weighted by Gasteiger charge is 2.40. The van der Waals surface area contributed by atoms with Gasteiger partial charge in [0.2, 0.25) is 0 Å². The third kappa shape index (κ3) is 3.45. The fraction of sp³-hybridized carbons (Fsp3) is 0.688. The van der Waals surface area contributed by atoms with Crippen molar-refractivity contribution in [3.63, 3.8) is 0 Å². The summed E-state index contributed by atoms with van der Waals surface area (Å²) in [7, 11) is 0. The number of piperazine rings is 1. The average molecular weight is 328 g/mol. The van der Waals surface area contributed by atoms with Gasteiger partial charge in [-0.3, -0.25) is 9.80 Å². The van der Waals surface area contributed by atoms with Crippen LogP contribution < -0.4 is 4.90 Å². The molecular formula is C16H23F3N4. The SMILES string of the molecule is CC(C)N1CCN(C2CN(c3ncccc3C(F)(F)F)C2)CC1. The molecule has 2 fully saturated rings. The Balaban J connectivity index is 1.58. The molecular weight excluding hydrogens is 305 g/mol. The van der Waals surface area contributed by atoms with Crippen molar-refractivity contribution in [1.29, 1.82) is 0 Å². The molecule has 2 aliphatic rings. The number of pyridine rings is 1. The molecule has 0 unspecified atom stereocenters. The molecule has 0 saturated carbocycles. The van der Waals surface area contributed by atoms with Crippen LogP contribution in [0.1, 0.15) is 19.4 Å². The molecule has 1 aromatic rings. The number of aromatic nitrogens is 1. The van der Waals surface area contributed by atoms with Crippen LogP contribution in [-0.4, -0.2) is 66.1 Å². The zero-order valence-corrected chi connectivity index (χ0v) is 13.6. The smallest absolute Gasteiger partial charge is 0.353 e. The molecule has 3 rings (SSSR count). The predicted octanol–water partition coefficient (Wildman–Crippen LogP) is 2.32. The first-order valence-corrected chi connectivity index (χ1v) is 8.11. The predicted molar refractivity (Wildman–Crippen MR) is 83.5 cm³/mol. The van der Waals surface area contributed by atoms with E-state index < -0.39 is 11.7 Å². The lowest BCUT2D eigenvalue weighted by molar-refractivity contribution is -0.137. The van der Waals surface area contributed by atoms with Gasteiger partial charge in [-0.1, -0.05) is 0 Å². The molecule has 23 heavy (non-hydrogen) atoms. The van der Waals surface area contributed by atoms with Crippen molar-refractivity contribution in [2.24, 2.45) is 0 Å². The molecule has 0 aliphatic carbocycles. The Morgan fingerprint density at radius 3 is 2.35 bits per heavy atom. The van der Waals surface area contributed by atoms with Crippen LogP contribution >= 0.6 is 0 Å². The molecule has 2 saturated heterocycles. The van der Waals surface area contributed by atoms with Crippen LogP contribution in [-0.2, 0) is 6.18 Å². The molecule has 3 heterocycles. The Morgan fingerprint density at radius 1 is 1.13 bits per heavy atom. The second-order valence-electron chi connectivity index (χ2n) is 6.60. The molecule has 2 aliphatic heterocycles. The van der Waals surface area contributed by atoms with Gasteiger partial charge in [0.15, 0.2) is 0 Å². The van der Waals surface area contributed by atoms with Crippen LogP contribution in [0.25, 0.3) is 0 Å². The first-order chi connectivity index (χ1) is 10.9. The van der Waals surface area contributed by atoms with Crippen LogP contribution in [0.5, 0.6) is 0 Å². The number of halogens is 3. The maximum atomic E-state index is 13.1. The summed E-state index contributed by atoms with van der Waals surface area (Å²) < 4.78 is 39.2. The average Bonchev–Trinajstić information content (AvgIpc) is 2.46. The number of hydrogen-bond acceptors (Lipinski definition) is 4. The van der Waals surface area contributed by atoms with E-state index in [9.17, 15) is 13.2 Å². The number of rotatable bonds is 3. The van der Waals surface area contributed by atoms with Crippen LogP contribution in [0, 0.1) is 0 Å². The van der Waals surface area contributed by atoms with Crippen LogP contribution in [0.4, 0.5) is 19.0 Å². The lowest BCUT2D eigenvalue weighted by Gasteiger charge is -2.49. The fourth-order valence-corrected chi connectivity index (χ4v) is 3.35. The minimum Gasteiger partial charge on any atom is -0.353 e. The summed E-state index contributed by atoms with van der Waals surface area (Å²) in [6.45, 7) is 9.69. The van der Waals surface area contributed by atoms with Crippen molar-refractivity contribution in [1.82, 2.24) is 14.8 Å². The van der Waals surface area contributed by atoms with Crippen molar-refractivity contribution in [3.8, 4) is 0 Å². The van der Waals surface area contributed by atoms with E-state index in [1.54, 1.807) is 4.90 Å². The molecule has 0 aromatic carbocycles. The fourth-order valence-electron chi connectivity index (χ4n) is 3.35. The molecule has 7 heteroatoms. The van der Waals surface area contributed by atoms with E-state index in [4.69, 9.17) is 0 Å². The zero-order chi connectivity index (χ0) is 16.6. The molecule has 4 nitrogen and oxygen atoms in total. The van der Waals surface area contributed by atoms with Crippen molar-refractivity contribution in [2.45, 2.75) is 32.1 Å². The van der Waals surface area contributed by atoms with E-state index >= 15 is 0 Å². The van der Waals surface area contributed by atoms with Crippen molar-refractivity contribution >= 4 is 5.82 Å². The summed E-state index contributed by atoms with van der Waals surface area (Å²) in [5, 5.41) is 0. The van der Waals surface area contributed by atoms with E-state index in [0.29, 0.717) is 25.2 Å². The van der Waals surface area contributed by atoms with Crippen molar-refractivity contribution < 1.29 is 13.2 Å². The van der Waals surface area contributed by atoms with Gasteiger partial charge < -0.3 is 4.90 Å². The Hall–Kier alpha value is -1.34. The standard InChI is InChI=1S/C16H23F3N4/c1-12(2)21-6-8-22(9-7-21)13-10-23(11-13)15-14(16(17,18)19)4-3-5-20-15/h3-5,12-13H,6-11H2,1-2H3. The van der Waals surface area contributed by atoms with Crippen LogP contribution in [0.3, 0.4) is 0 Å². The van der Waals surface area contributed by atoms with Gasteiger partial charge in [0.1, 0.15) is 5.82 Å². The highest BCUT2D eigenvalue weighted by atomic mass is 19.4. The molecule has 0 spiro atoms. The number of alkyl halides is 3. The summed E-state index contributed by atoms with van der Waals surface area (Å²) in [6, 6.07) is 3.34. The van der Waals surface area contributed by atoms with Crippen LogP contribution in [0.2, 0.25) is 0 Å². The van der Waals surface area contributed by atoms with Gasteiger partial charge >= 0.3 is 6.18 Å². The second kappa shape index (κ2) is 6.28. The lowest BCUT2D eigenvalue weighted by atomic mass is 10.0. The van der Waals surface area contributed by atoms with Gasteiger partial charge in [0.05, 0.1) is 5.56 Å². The van der Waals surface area contributed by atoms with E-state index in [1.165, 1.54) is 12.3 Å². The minimum atomic E-state index is -4.35. The van der Waals surface area contributed by atoms with E-state index in [0.717, 1.165) is 32.2 Å². The van der Waals surface area contributed by atoms with Gasteiger partial charge in [0, 0.05) is 57.5 Å². The third-order valence-electron chi connectivity index (χ3n) is 4.85. The Kier molecular flexibility index (Phi) is 4.51. The Bertz CT molecular complexity index is 532. The van der Waals surface area contributed by atoms with E-state index in [-0.39, 0.29) is 5.82 Å². The summed E-state index contributed by atoms with van der Waals surface area (Å²) in [6.07, 6.45) is -2.92. The molecule has 0 radical (unpaired) electrons. The minimum absolute atomic E-state index is 0.0667. The molecule has 0 N–H and O–H groups in total. The van der Waals surface area contributed by atoms with Gasteiger partial charge in [-0.15, -0.1) is 0 Å². The summed E-state index contributed by atoms with van der Waals surface area (Å²) in [4.78, 5) is 10.5. The highest BCUT2D eigenvalue weighted by Crippen LogP contribution is 2.37. The van der Waals surface area contributed by atoms with E-state index in [1.807, 2.05) is 0 Å².